The molecule has 0 spiro atoms. The molecule has 0 aromatic heterocycles. The van der Waals surface area contributed by atoms with Crippen LogP contribution in [0.15, 0.2) is 18.2 Å². The number of benzene rings is 1. The first-order valence-electron chi connectivity index (χ1n) is 5.65. The lowest BCUT2D eigenvalue weighted by Gasteiger charge is -2.19. The number of rotatable bonds is 5. The highest BCUT2D eigenvalue weighted by molar-refractivity contribution is 5.75. The van der Waals surface area contributed by atoms with Gasteiger partial charge in [0, 0.05) is 12.0 Å². The predicted octanol–water partition coefficient (Wildman–Crippen LogP) is 3.06. The number of carbonyl (C=O) groups is 1. The van der Waals surface area contributed by atoms with Crippen molar-refractivity contribution in [3.63, 3.8) is 0 Å². The van der Waals surface area contributed by atoms with Crippen LogP contribution in [-0.4, -0.2) is 23.6 Å². The molecular weight excluding hydrogens is 261 g/mol. The summed E-state index contributed by atoms with van der Waals surface area (Å²) < 4.78 is 43.4. The topological polar surface area (TPSA) is 46.5 Å². The van der Waals surface area contributed by atoms with E-state index < -0.39 is 17.3 Å². The van der Waals surface area contributed by atoms with Gasteiger partial charge in [0.25, 0.3) is 0 Å². The van der Waals surface area contributed by atoms with Crippen molar-refractivity contribution in [1.29, 1.82) is 0 Å². The van der Waals surface area contributed by atoms with Gasteiger partial charge in [0.1, 0.15) is 12.0 Å². The number of carbonyl (C=O) groups excluding carboxylic acids is 1. The number of alkyl halides is 3. The Morgan fingerprint density at radius 1 is 1.32 bits per heavy atom. The molecule has 0 saturated carbocycles. The number of hydrogen-bond donors (Lipinski definition) is 1. The molecule has 1 aromatic carbocycles. The van der Waals surface area contributed by atoms with Crippen LogP contribution >= 0.6 is 0 Å². The van der Waals surface area contributed by atoms with Gasteiger partial charge in [-0.15, -0.1) is 0 Å². The molecular formula is C13H15F3O3. The van der Waals surface area contributed by atoms with Gasteiger partial charge in [0.2, 0.25) is 0 Å². The van der Waals surface area contributed by atoms with E-state index >= 15 is 0 Å². The van der Waals surface area contributed by atoms with Gasteiger partial charge < -0.3 is 9.84 Å². The molecule has 0 saturated heterocycles. The van der Waals surface area contributed by atoms with Crippen LogP contribution in [0.5, 0.6) is 5.75 Å². The van der Waals surface area contributed by atoms with Gasteiger partial charge in [-0.2, -0.15) is 13.2 Å². The van der Waals surface area contributed by atoms with Gasteiger partial charge >= 0.3 is 6.18 Å². The first-order chi connectivity index (χ1) is 8.63. The molecule has 0 heterocycles. The second-order valence-electron chi connectivity index (χ2n) is 4.78. The van der Waals surface area contributed by atoms with Crippen molar-refractivity contribution in [2.45, 2.75) is 32.0 Å². The Bertz CT molecular complexity index is 447. The SMILES string of the molecule is CC(C)(O)CCOc1ccc(C=O)cc1C(F)(F)F. The van der Waals surface area contributed by atoms with E-state index in [1.54, 1.807) is 0 Å². The molecule has 0 atom stereocenters. The molecule has 19 heavy (non-hydrogen) atoms. The zero-order chi connectivity index (χ0) is 14.7. The quantitative estimate of drug-likeness (QED) is 0.841. The molecule has 1 rings (SSSR count). The van der Waals surface area contributed by atoms with Gasteiger partial charge in [0.05, 0.1) is 17.8 Å². The van der Waals surface area contributed by atoms with Crippen LogP contribution in [0.2, 0.25) is 0 Å². The summed E-state index contributed by atoms with van der Waals surface area (Å²) in [6, 6.07) is 3.10. The maximum atomic E-state index is 12.8. The third kappa shape index (κ3) is 4.90. The molecule has 6 heteroatoms. The summed E-state index contributed by atoms with van der Waals surface area (Å²) in [5.41, 5.74) is -2.07. The molecule has 1 aromatic rings. The fourth-order valence-corrected chi connectivity index (χ4v) is 1.38. The normalized spacial score (nSPS) is 12.3. The van der Waals surface area contributed by atoms with Crippen molar-refractivity contribution in [3.05, 3.63) is 29.3 Å². The summed E-state index contributed by atoms with van der Waals surface area (Å²) in [7, 11) is 0. The molecule has 0 fully saturated rings. The fourth-order valence-electron chi connectivity index (χ4n) is 1.38. The highest BCUT2D eigenvalue weighted by Gasteiger charge is 2.34. The Kier molecular flexibility index (Phi) is 4.57. The maximum Gasteiger partial charge on any atom is 0.419 e. The van der Waals surface area contributed by atoms with Crippen LogP contribution < -0.4 is 4.74 Å². The van der Waals surface area contributed by atoms with Gasteiger partial charge in [-0.3, -0.25) is 4.79 Å². The first kappa shape index (κ1) is 15.5. The predicted molar refractivity (Wildman–Crippen MR) is 63.2 cm³/mol. The molecule has 3 nitrogen and oxygen atoms in total. The average Bonchev–Trinajstić information content (AvgIpc) is 2.26. The van der Waals surface area contributed by atoms with E-state index in [0.29, 0.717) is 6.29 Å². The van der Waals surface area contributed by atoms with E-state index in [4.69, 9.17) is 4.74 Å². The minimum Gasteiger partial charge on any atom is -0.493 e. The molecule has 0 unspecified atom stereocenters. The van der Waals surface area contributed by atoms with E-state index in [1.165, 1.54) is 19.9 Å². The Labute approximate surface area is 109 Å². The molecule has 1 N–H and O–H groups in total. The van der Waals surface area contributed by atoms with Gasteiger partial charge in [-0.05, 0) is 32.0 Å². The van der Waals surface area contributed by atoms with Crippen molar-refractivity contribution in [2.24, 2.45) is 0 Å². The Balaban J connectivity index is 2.91. The van der Waals surface area contributed by atoms with Crippen LogP contribution in [0.4, 0.5) is 13.2 Å². The highest BCUT2D eigenvalue weighted by atomic mass is 19.4. The molecule has 106 valence electrons. The summed E-state index contributed by atoms with van der Waals surface area (Å²) in [6.07, 6.45) is -4.06. The lowest BCUT2D eigenvalue weighted by Crippen LogP contribution is -2.22. The number of aliphatic hydroxyl groups is 1. The molecule has 0 aliphatic heterocycles. The smallest absolute Gasteiger partial charge is 0.419 e. The number of ether oxygens (including phenoxy) is 1. The standard InChI is InChI=1S/C13H15F3O3/c1-12(2,18)5-6-19-11-4-3-9(8-17)7-10(11)13(14,15)16/h3-4,7-8,18H,5-6H2,1-2H3. The zero-order valence-electron chi connectivity index (χ0n) is 10.6. The van der Waals surface area contributed by atoms with Crippen LogP contribution in [0.25, 0.3) is 0 Å². The third-order valence-electron chi connectivity index (χ3n) is 2.42. The van der Waals surface area contributed by atoms with Crippen molar-refractivity contribution in [3.8, 4) is 5.75 Å². The Morgan fingerprint density at radius 2 is 1.95 bits per heavy atom. The van der Waals surface area contributed by atoms with Crippen molar-refractivity contribution < 1.29 is 27.8 Å². The van der Waals surface area contributed by atoms with Crippen LogP contribution in [0.3, 0.4) is 0 Å². The largest absolute Gasteiger partial charge is 0.493 e. The second kappa shape index (κ2) is 5.61. The van der Waals surface area contributed by atoms with Crippen LogP contribution in [-0.2, 0) is 6.18 Å². The molecule has 0 bridgehead atoms. The van der Waals surface area contributed by atoms with E-state index in [-0.39, 0.29) is 24.3 Å². The van der Waals surface area contributed by atoms with E-state index in [0.717, 1.165) is 12.1 Å². The maximum absolute atomic E-state index is 12.8. The van der Waals surface area contributed by atoms with Crippen LogP contribution in [0, 0.1) is 0 Å². The summed E-state index contributed by atoms with van der Waals surface area (Å²) in [5.74, 6) is -0.345. The number of halogens is 3. The van der Waals surface area contributed by atoms with Crippen molar-refractivity contribution in [1.82, 2.24) is 0 Å². The van der Waals surface area contributed by atoms with E-state index in [2.05, 4.69) is 0 Å². The minimum atomic E-state index is -4.59. The van der Waals surface area contributed by atoms with E-state index in [1.807, 2.05) is 0 Å². The molecule has 0 radical (unpaired) electrons. The summed E-state index contributed by atoms with van der Waals surface area (Å²) >= 11 is 0. The average molecular weight is 276 g/mol. The molecule has 0 aliphatic rings. The summed E-state index contributed by atoms with van der Waals surface area (Å²) in [6.45, 7) is 3.03. The first-order valence-corrected chi connectivity index (χ1v) is 5.65. The van der Waals surface area contributed by atoms with Gasteiger partial charge in [0.15, 0.2) is 0 Å². The van der Waals surface area contributed by atoms with Gasteiger partial charge in [-0.1, -0.05) is 0 Å². The number of hydrogen-bond acceptors (Lipinski definition) is 3. The van der Waals surface area contributed by atoms with Crippen LogP contribution in [0.1, 0.15) is 36.2 Å². The third-order valence-corrected chi connectivity index (χ3v) is 2.42. The minimum absolute atomic E-state index is 0.0486. The lowest BCUT2D eigenvalue weighted by atomic mass is 10.1. The zero-order valence-corrected chi connectivity index (χ0v) is 10.6. The molecule has 0 aliphatic carbocycles. The second-order valence-corrected chi connectivity index (χ2v) is 4.78. The highest BCUT2D eigenvalue weighted by Crippen LogP contribution is 2.36. The molecule has 0 amide bonds. The fraction of sp³-hybridized carbons (Fsp3) is 0.462. The van der Waals surface area contributed by atoms with Gasteiger partial charge in [-0.25, -0.2) is 0 Å². The number of aldehydes is 1. The lowest BCUT2D eigenvalue weighted by molar-refractivity contribution is -0.139. The Morgan fingerprint density at radius 3 is 2.42 bits per heavy atom. The summed E-state index contributed by atoms with van der Waals surface area (Å²) in [4.78, 5) is 10.5. The van der Waals surface area contributed by atoms with Crippen molar-refractivity contribution >= 4 is 6.29 Å². The van der Waals surface area contributed by atoms with E-state index in [9.17, 15) is 23.1 Å². The monoisotopic (exact) mass is 276 g/mol. The van der Waals surface area contributed by atoms with Crippen molar-refractivity contribution in [2.75, 3.05) is 6.61 Å². The summed E-state index contributed by atoms with van der Waals surface area (Å²) in [5, 5.41) is 9.46. The Hall–Kier alpha value is -1.56.